The van der Waals surface area contributed by atoms with Crippen LogP contribution in [-0.4, -0.2) is 89.3 Å². The molecule has 2 amide bonds. The maximum atomic E-state index is 11.8. The first-order valence-electron chi connectivity index (χ1n) is 11.9. The molecule has 10 heteroatoms. The van der Waals surface area contributed by atoms with Crippen molar-refractivity contribution in [3.05, 3.63) is 35.5 Å². The molecule has 4 rings (SSSR count). The molecule has 10 nitrogen and oxygen atoms in total. The van der Waals surface area contributed by atoms with Crippen LogP contribution in [0.25, 0.3) is 11.4 Å². The molecule has 0 unspecified atom stereocenters. The van der Waals surface area contributed by atoms with Crippen LogP contribution in [0.15, 0.2) is 24.3 Å². The van der Waals surface area contributed by atoms with E-state index < -0.39 is 6.10 Å². The van der Waals surface area contributed by atoms with Gasteiger partial charge in [0.05, 0.1) is 37.7 Å². The Labute approximate surface area is 200 Å². The molecule has 0 bridgehead atoms. The molecule has 1 fully saturated rings. The van der Waals surface area contributed by atoms with Gasteiger partial charge in [-0.05, 0) is 44.5 Å². The normalized spacial score (nSPS) is 19.4. The monoisotopic (exact) mass is 470 g/mol. The molecule has 0 spiro atoms. The summed E-state index contributed by atoms with van der Waals surface area (Å²) in [4.78, 5) is 26.1. The third-order valence-electron chi connectivity index (χ3n) is 6.18. The Morgan fingerprint density at radius 3 is 2.76 bits per heavy atom. The molecular weight excluding hydrogens is 436 g/mol. The Morgan fingerprint density at radius 2 is 2.06 bits per heavy atom. The number of β-amino-alcohol motifs (C(OH)–C–C–N with tert-alkyl or cyclic N) is 1. The van der Waals surface area contributed by atoms with E-state index in [0.29, 0.717) is 44.4 Å². The average Bonchev–Trinajstić information content (AvgIpc) is 2.84. The standard InChI is InChI=1S/C24H34N6O4/c1-3-25-24(33)26-18-6-4-17(5-7-18)22-27-21-13-29(12-19(32)14-31)9-8-20(21)23(28-22)30-10-11-34-15-16(30)2/h4-7,16,19,31-32H,3,8-15H2,1-2H3,(H2,25,26,33)/t16-,19+/m0/s1. The topological polar surface area (TPSA) is 123 Å². The average molecular weight is 471 g/mol. The van der Waals surface area contributed by atoms with Crippen molar-refractivity contribution in [1.82, 2.24) is 20.2 Å². The number of carbonyl (C=O) groups is 1. The highest BCUT2D eigenvalue weighted by Gasteiger charge is 2.29. The van der Waals surface area contributed by atoms with Crippen molar-refractivity contribution in [2.45, 2.75) is 39.0 Å². The summed E-state index contributed by atoms with van der Waals surface area (Å²) in [6.45, 7) is 8.16. The van der Waals surface area contributed by atoms with E-state index in [1.54, 1.807) is 0 Å². The van der Waals surface area contributed by atoms with Crippen LogP contribution in [0.5, 0.6) is 0 Å². The first-order valence-corrected chi connectivity index (χ1v) is 11.9. The second-order valence-corrected chi connectivity index (χ2v) is 8.80. The number of nitrogens with zero attached hydrogens (tertiary/aromatic N) is 4. The number of nitrogens with one attached hydrogen (secondary N) is 2. The lowest BCUT2D eigenvalue weighted by molar-refractivity contribution is 0.0545. The lowest BCUT2D eigenvalue weighted by Gasteiger charge is -2.38. The van der Waals surface area contributed by atoms with E-state index in [-0.39, 0.29) is 18.7 Å². The van der Waals surface area contributed by atoms with E-state index in [9.17, 15) is 15.0 Å². The third-order valence-corrected chi connectivity index (χ3v) is 6.18. The van der Waals surface area contributed by atoms with E-state index in [0.717, 1.165) is 42.1 Å². The molecule has 34 heavy (non-hydrogen) atoms. The van der Waals surface area contributed by atoms with Gasteiger partial charge in [-0.3, -0.25) is 4.90 Å². The summed E-state index contributed by atoms with van der Waals surface area (Å²) in [5.74, 6) is 1.57. The summed E-state index contributed by atoms with van der Waals surface area (Å²) in [5.41, 5.74) is 3.64. The maximum Gasteiger partial charge on any atom is 0.319 e. The van der Waals surface area contributed by atoms with Gasteiger partial charge in [-0.15, -0.1) is 0 Å². The van der Waals surface area contributed by atoms with Crippen LogP contribution < -0.4 is 15.5 Å². The summed E-state index contributed by atoms with van der Waals surface area (Å²) in [5, 5.41) is 24.7. The number of rotatable bonds is 7. The van der Waals surface area contributed by atoms with Gasteiger partial charge in [0.1, 0.15) is 5.82 Å². The van der Waals surface area contributed by atoms with Crippen LogP contribution >= 0.6 is 0 Å². The predicted molar refractivity (Wildman–Crippen MR) is 130 cm³/mol. The van der Waals surface area contributed by atoms with Crippen LogP contribution in [-0.2, 0) is 17.7 Å². The minimum absolute atomic E-state index is 0.207. The molecule has 3 heterocycles. The minimum atomic E-state index is -0.772. The van der Waals surface area contributed by atoms with Gasteiger partial charge < -0.3 is 30.5 Å². The Morgan fingerprint density at radius 1 is 1.26 bits per heavy atom. The zero-order valence-corrected chi connectivity index (χ0v) is 19.8. The number of carbonyl (C=O) groups excluding carboxylic acids is 1. The van der Waals surface area contributed by atoms with E-state index in [4.69, 9.17) is 14.7 Å². The highest BCUT2D eigenvalue weighted by atomic mass is 16.5. The molecule has 1 aromatic carbocycles. The van der Waals surface area contributed by atoms with Crippen molar-refractivity contribution in [2.75, 3.05) is 56.2 Å². The molecular formula is C24H34N6O4. The molecule has 2 aliphatic rings. The van der Waals surface area contributed by atoms with E-state index in [1.807, 2.05) is 31.2 Å². The number of morpholine rings is 1. The molecule has 1 aromatic heterocycles. The smallest absolute Gasteiger partial charge is 0.319 e. The minimum Gasteiger partial charge on any atom is -0.394 e. The van der Waals surface area contributed by atoms with Crippen molar-refractivity contribution >= 4 is 17.5 Å². The fourth-order valence-corrected chi connectivity index (χ4v) is 4.42. The quantitative estimate of drug-likeness (QED) is 0.476. The maximum absolute atomic E-state index is 11.8. The van der Waals surface area contributed by atoms with Crippen molar-refractivity contribution in [1.29, 1.82) is 0 Å². The number of hydrogen-bond acceptors (Lipinski definition) is 8. The van der Waals surface area contributed by atoms with E-state index >= 15 is 0 Å². The molecule has 2 atom stereocenters. The third kappa shape index (κ3) is 5.64. The molecule has 1 saturated heterocycles. The van der Waals surface area contributed by atoms with Gasteiger partial charge in [0.15, 0.2) is 5.82 Å². The van der Waals surface area contributed by atoms with Crippen LogP contribution in [0, 0.1) is 0 Å². The summed E-state index contributed by atoms with van der Waals surface area (Å²) >= 11 is 0. The number of benzene rings is 1. The number of hydrogen-bond donors (Lipinski definition) is 4. The lowest BCUT2D eigenvalue weighted by Crippen LogP contribution is -2.46. The Bertz CT molecular complexity index is 986. The molecule has 0 saturated carbocycles. The first-order chi connectivity index (χ1) is 16.5. The summed E-state index contributed by atoms with van der Waals surface area (Å²) in [6, 6.07) is 7.47. The van der Waals surface area contributed by atoms with Gasteiger partial charge in [-0.2, -0.15) is 0 Å². The van der Waals surface area contributed by atoms with Gasteiger partial charge in [-0.25, -0.2) is 14.8 Å². The Balaban J connectivity index is 1.65. The number of urea groups is 1. The number of aromatic nitrogens is 2. The van der Waals surface area contributed by atoms with Crippen LogP contribution in [0.4, 0.5) is 16.3 Å². The Hall–Kier alpha value is -2.79. The highest BCUT2D eigenvalue weighted by Crippen LogP contribution is 2.31. The van der Waals surface area contributed by atoms with Gasteiger partial charge in [0.25, 0.3) is 0 Å². The number of fused-ring (bicyclic) bond motifs is 1. The first kappa shape index (κ1) is 24.3. The number of ether oxygens (including phenoxy) is 1. The van der Waals surface area contributed by atoms with Crippen molar-refractivity contribution in [3.63, 3.8) is 0 Å². The number of amides is 2. The predicted octanol–water partition coefficient (Wildman–Crippen LogP) is 1.22. The van der Waals surface area contributed by atoms with E-state index in [2.05, 4.69) is 27.4 Å². The van der Waals surface area contributed by atoms with Gasteiger partial charge in [0.2, 0.25) is 0 Å². The van der Waals surface area contributed by atoms with Crippen molar-refractivity contribution < 1.29 is 19.7 Å². The van der Waals surface area contributed by atoms with Gasteiger partial charge >= 0.3 is 6.03 Å². The summed E-state index contributed by atoms with van der Waals surface area (Å²) in [6.07, 6.45) is 0.00861. The largest absolute Gasteiger partial charge is 0.394 e. The van der Waals surface area contributed by atoms with Crippen molar-refractivity contribution in [2.24, 2.45) is 0 Å². The summed E-state index contributed by atoms with van der Waals surface area (Å²) < 4.78 is 5.64. The SMILES string of the molecule is CCNC(=O)Nc1ccc(-c2nc3c(c(N4CCOC[C@@H]4C)n2)CCN(C[C@@H](O)CO)C3)cc1. The second kappa shape index (κ2) is 11.1. The number of aliphatic hydroxyl groups excluding tert-OH is 2. The van der Waals surface area contributed by atoms with Crippen LogP contribution in [0.3, 0.4) is 0 Å². The number of anilines is 2. The molecule has 4 N–H and O–H groups in total. The molecule has 2 aliphatic heterocycles. The summed E-state index contributed by atoms with van der Waals surface area (Å²) in [7, 11) is 0. The fraction of sp³-hybridized carbons (Fsp3) is 0.542. The van der Waals surface area contributed by atoms with Gasteiger partial charge in [0, 0.05) is 49.5 Å². The molecule has 0 radical (unpaired) electrons. The number of aliphatic hydroxyl groups is 2. The van der Waals surface area contributed by atoms with E-state index in [1.165, 1.54) is 0 Å². The Kier molecular flexibility index (Phi) is 7.94. The zero-order valence-electron chi connectivity index (χ0n) is 19.8. The second-order valence-electron chi connectivity index (χ2n) is 8.80. The van der Waals surface area contributed by atoms with Crippen molar-refractivity contribution in [3.8, 4) is 11.4 Å². The molecule has 2 aromatic rings. The van der Waals surface area contributed by atoms with Gasteiger partial charge in [-0.1, -0.05) is 0 Å². The van der Waals surface area contributed by atoms with Crippen LogP contribution in [0.1, 0.15) is 25.1 Å². The highest BCUT2D eigenvalue weighted by molar-refractivity contribution is 5.89. The van der Waals surface area contributed by atoms with Crippen LogP contribution in [0.2, 0.25) is 0 Å². The zero-order chi connectivity index (χ0) is 24.1. The molecule has 184 valence electrons. The lowest BCUT2D eigenvalue weighted by atomic mass is 10.0. The molecule has 0 aliphatic carbocycles. The fourth-order valence-electron chi connectivity index (χ4n) is 4.42.